The lowest BCUT2D eigenvalue weighted by atomic mass is 9.74. The number of amides is 3. The van der Waals surface area contributed by atoms with Gasteiger partial charge in [0, 0.05) is 61.6 Å². The summed E-state index contributed by atoms with van der Waals surface area (Å²) in [5.41, 5.74) is 8.82. The minimum atomic E-state index is -0.589. The normalized spacial score (nSPS) is 25.6. The van der Waals surface area contributed by atoms with Gasteiger partial charge in [0.15, 0.2) is 0 Å². The molecule has 12 nitrogen and oxygen atoms in total. The lowest BCUT2D eigenvalue weighted by molar-refractivity contribution is -0.129. The van der Waals surface area contributed by atoms with E-state index >= 15 is 4.39 Å². The van der Waals surface area contributed by atoms with Crippen molar-refractivity contribution >= 4 is 17.9 Å². The number of hydrogen-bond donors (Lipinski definition) is 5. The maximum atomic E-state index is 15.1. The Hall–Kier alpha value is -3.81. The molecule has 5 rings (SSSR count). The van der Waals surface area contributed by atoms with Crippen LogP contribution in [0, 0.1) is 24.6 Å². The second-order valence-electron chi connectivity index (χ2n) is 14.5. The van der Waals surface area contributed by atoms with Gasteiger partial charge in [-0.15, -0.1) is 0 Å². The summed E-state index contributed by atoms with van der Waals surface area (Å²) >= 11 is 0. The molecule has 49 heavy (non-hydrogen) atoms. The second-order valence-corrected chi connectivity index (χ2v) is 14.5. The first-order chi connectivity index (χ1) is 23.4. The predicted octanol–water partition coefficient (Wildman–Crippen LogP) is 3.65. The van der Waals surface area contributed by atoms with Gasteiger partial charge in [-0.25, -0.2) is 14.6 Å². The van der Waals surface area contributed by atoms with E-state index in [0.717, 1.165) is 25.0 Å². The van der Waals surface area contributed by atoms with Crippen molar-refractivity contribution in [1.29, 1.82) is 0 Å². The molecule has 0 radical (unpaired) electrons. The number of benzene rings is 1. The van der Waals surface area contributed by atoms with Crippen molar-refractivity contribution in [2.75, 3.05) is 26.7 Å². The van der Waals surface area contributed by atoms with Crippen molar-refractivity contribution < 1.29 is 28.2 Å². The van der Waals surface area contributed by atoms with Crippen LogP contribution in [0.2, 0.25) is 0 Å². The monoisotopic (exact) mass is 681 g/mol. The number of rotatable bonds is 11. The molecular formula is C36H52FN7O5. The van der Waals surface area contributed by atoms with E-state index in [1.54, 1.807) is 32.9 Å². The molecule has 1 saturated carbocycles. The molecule has 13 heteroatoms. The number of likely N-dealkylation sites (tertiary alicyclic amines) is 1. The summed E-state index contributed by atoms with van der Waals surface area (Å²) in [6, 6.07) is 8.52. The van der Waals surface area contributed by atoms with Crippen molar-refractivity contribution in [1.82, 2.24) is 36.7 Å². The number of nitrogens with one attached hydrogen (secondary N) is 5. The van der Waals surface area contributed by atoms with Crippen LogP contribution in [-0.2, 0) is 20.9 Å². The largest absolute Gasteiger partial charge is 0.496 e. The van der Waals surface area contributed by atoms with Gasteiger partial charge in [-0.3, -0.25) is 24.9 Å². The molecule has 1 aliphatic carbocycles. The van der Waals surface area contributed by atoms with Gasteiger partial charge in [-0.1, -0.05) is 6.07 Å². The quantitative estimate of drug-likeness (QED) is 0.225. The first-order valence-corrected chi connectivity index (χ1v) is 17.5. The fourth-order valence-corrected chi connectivity index (χ4v) is 7.35. The minimum Gasteiger partial charge on any atom is -0.496 e. The van der Waals surface area contributed by atoms with Gasteiger partial charge in [0.1, 0.15) is 17.2 Å². The van der Waals surface area contributed by atoms with Gasteiger partial charge < -0.3 is 25.4 Å². The van der Waals surface area contributed by atoms with Gasteiger partial charge >= 0.3 is 6.09 Å². The second kappa shape index (κ2) is 16.3. The van der Waals surface area contributed by atoms with Crippen LogP contribution < -0.4 is 31.5 Å². The Bertz CT molecular complexity index is 1470. The lowest BCUT2D eigenvalue weighted by Gasteiger charge is -2.40. The maximum Gasteiger partial charge on any atom is 0.407 e. The zero-order valence-corrected chi connectivity index (χ0v) is 29.3. The standard InChI is InChI=1S/C36H52FN7O5/c1-22-18-23(14-17-38-22)32-26-19-24(10-12-29(26)42-43-32)33(45)41-25-11-13-30(34(46)39-15-7-16-40-35(47)49-36(2,3)4)44(20-25)21-27-28(37)8-6-9-31(27)48-5/h6,8-9,14,17-18,24-26,29-30,32,42-43H,7,10-13,15-16,19-21H2,1-5H3,(H,39,46)(H,40,47)(H,41,45)/t24?,25-,26?,29?,30+,32?/m1/s1. The van der Waals surface area contributed by atoms with E-state index in [-0.39, 0.29) is 42.3 Å². The Kier molecular flexibility index (Phi) is 12.1. The van der Waals surface area contributed by atoms with Crippen molar-refractivity contribution in [3.8, 4) is 5.75 Å². The van der Waals surface area contributed by atoms with Crippen molar-refractivity contribution in [2.24, 2.45) is 11.8 Å². The van der Waals surface area contributed by atoms with Crippen LogP contribution in [0.4, 0.5) is 9.18 Å². The molecule has 3 fully saturated rings. The molecule has 3 aliphatic rings. The molecule has 2 saturated heterocycles. The van der Waals surface area contributed by atoms with E-state index in [1.165, 1.54) is 18.7 Å². The number of hydrazine groups is 1. The van der Waals surface area contributed by atoms with Crippen LogP contribution in [0.1, 0.15) is 82.2 Å². The molecule has 5 N–H and O–H groups in total. The van der Waals surface area contributed by atoms with Crippen LogP contribution in [0.5, 0.6) is 5.75 Å². The number of piperidine rings is 1. The number of fused-ring (bicyclic) bond motifs is 1. The highest BCUT2D eigenvalue weighted by Gasteiger charge is 2.43. The number of methoxy groups -OCH3 is 1. The number of halogens is 1. The molecule has 2 aromatic rings. The summed E-state index contributed by atoms with van der Waals surface area (Å²) in [6.07, 6.45) is 5.42. The van der Waals surface area contributed by atoms with E-state index < -0.39 is 23.6 Å². The third kappa shape index (κ3) is 9.67. The zero-order valence-electron chi connectivity index (χ0n) is 29.3. The number of carbonyl (C=O) groups excluding carboxylic acids is 3. The first-order valence-electron chi connectivity index (χ1n) is 17.5. The first kappa shape index (κ1) is 36.5. The number of aromatic nitrogens is 1. The van der Waals surface area contributed by atoms with Crippen LogP contribution in [0.25, 0.3) is 0 Å². The van der Waals surface area contributed by atoms with Gasteiger partial charge in [0.05, 0.1) is 19.2 Å². The van der Waals surface area contributed by atoms with E-state index in [0.29, 0.717) is 56.3 Å². The number of pyridine rings is 1. The Morgan fingerprint density at radius 1 is 1.04 bits per heavy atom. The Morgan fingerprint density at radius 3 is 2.59 bits per heavy atom. The van der Waals surface area contributed by atoms with Crippen molar-refractivity contribution in [3.63, 3.8) is 0 Å². The van der Waals surface area contributed by atoms with Crippen LogP contribution in [-0.4, -0.2) is 78.3 Å². The summed E-state index contributed by atoms with van der Waals surface area (Å²) in [5.74, 6) is 0.0115. The van der Waals surface area contributed by atoms with Crippen LogP contribution in [0.3, 0.4) is 0 Å². The molecule has 4 unspecified atom stereocenters. The van der Waals surface area contributed by atoms with E-state index in [1.807, 2.05) is 24.1 Å². The third-order valence-electron chi connectivity index (χ3n) is 9.71. The predicted molar refractivity (Wildman–Crippen MR) is 183 cm³/mol. The summed E-state index contributed by atoms with van der Waals surface area (Å²) < 4.78 is 25.8. The number of aryl methyl sites for hydroxylation is 1. The van der Waals surface area contributed by atoms with Crippen molar-refractivity contribution in [3.05, 3.63) is 59.2 Å². The molecule has 0 bridgehead atoms. The Morgan fingerprint density at radius 2 is 1.84 bits per heavy atom. The smallest absolute Gasteiger partial charge is 0.407 e. The number of ether oxygens (including phenoxy) is 2. The summed E-state index contributed by atoms with van der Waals surface area (Å²) in [4.78, 5) is 45.4. The summed E-state index contributed by atoms with van der Waals surface area (Å²) in [5, 5.41) is 8.98. The van der Waals surface area contributed by atoms with E-state index in [4.69, 9.17) is 9.47 Å². The zero-order chi connectivity index (χ0) is 35.1. The molecule has 1 aromatic heterocycles. The van der Waals surface area contributed by atoms with E-state index in [2.05, 4.69) is 37.9 Å². The molecule has 6 atom stereocenters. The number of nitrogens with zero attached hydrogens (tertiary/aromatic N) is 2. The number of hydrogen-bond acceptors (Lipinski definition) is 9. The van der Waals surface area contributed by atoms with E-state index in [9.17, 15) is 14.4 Å². The highest BCUT2D eigenvalue weighted by atomic mass is 19.1. The molecule has 3 amide bonds. The van der Waals surface area contributed by atoms with Gasteiger partial charge in [-0.2, -0.15) is 0 Å². The number of alkyl carbamates (subject to hydrolysis) is 1. The fraction of sp³-hybridized carbons (Fsp3) is 0.611. The topological polar surface area (TPSA) is 146 Å². The van der Waals surface area contributed by atoms with Gasteiger partial charge in [0.25, 0.3) is 0 Å². The average Bonchev–Trinajstić information content (AvgIpc) is 3.48. The Balaban J connectivity index is 1.20. The molecule has 3 heterocycles. The van der Waals surface area contributed by atoms with Crippen LogP contribution >= 0.6 is 0 Å². The highest BCUT2D eigenvalue weighted by Crippen LogP contribution is 2.40. The van der Waals surface area contributed by atoms with Gasteiger partial charge in [0.2, 0.25) is 11.8 Å². The summed E-state index contributed by atoms with van der Waals surface area (Å²) in [6.45, 7) is 8.62. The average molecular weight is 682 g/mol. The summed E-state index contributed by atoms with van der Waals surface area (Å²) in [7, 11) is 1.50. The molecular weight excluding hydrogens is 629 g/mol. The van der Waals surface area contributed by atoms with Crippen molar-refractivity contribution in [2.45, 2.75) is 103 Å². The third-order valence-corrected chi connectivity index (χ3v) is 9.71. The maximum absolute atomic E-state index is 15.1. The molecule has 268 valence electrons. The molecule has 0 spiro atoms. The molecule has 2 aliphatic heterocycles. The van der Waals surface area contributed by atoms with Gasteiger partial charge in [-0.05, 0) is 102 Å². The lowest BCUT2D eigenvalue weighted by Crippen LogP contribution is -2.57. The Labute approximate surface area is 288 Å². The minimum absolute atomic E-state index is 0.0313. The molecule has 1 aromatic carbocycles. The SMILES string of the molecule is COc1cccc(F)c1CN1C[C@H](NC(=O)C2CCC3NNC(c4ccnc(C)c4)C3C2)CC[C@H]1C(=O)NCCCNC(=O)OC(C)(C)C. The highest BCUT2D eigenvalue weighted by molar-refractivity contribution is 5.82. The van der Waals surface area contributed by atoms with Crippen LogP contribution in [0.15, 0.2) is 36.5 Å². The number of carbonyl (C=O) groups is 3. The fourth-order valence-electron chi connectivity index (χ4n) is 7.35.